The molecular formula is C15H17N3OS. The fourth-order valence-electron chi connectivity index (χ4n) is 1.59. The van der Waals surface area contributed by atoms with Gasteiger partial charge in [-0.2, -0.15) is 5.10 Å². The van der Waals surface area contributed by atoms with Gasteiger partial charge in [0.15, 0.2) is 0 Å². The van der Waals surface area contributed by atoms with Crippen molar-refractivity contribution in [3.8, 4) is 0 Å². The highest BCUT2D eigenvalue weighted by Gasteiger charge is 2.11. The van der Waals surface area contributed by atoms with Gasteiger partial charge in [-0.1, -0.05) is 23.8 Å². The maximum absolute atomic E-state index is 11.9. The summed E-state index contributed by atoms with van der Waals surface area (Å²) in [6.45, 7) is 3.83. The SMILES string of the molecule is Cc1ccc(N[C@H](C)C(=O)N/N=C\c2cccs2)cc1. The third-order valence-electron chi connectivity index (χ3n) is 2.74. The van der Waals surface area contributed by atoms with E-state index in [2.05, 4.69) is 15.8 Å². The highest BCUT2D eigenvalue weighted by molar-refractivity contribution is 7.11. The molecule has 0 radical (unpaired) electrons. The van der Waals surface area contributed by atoms with Crippen molar-refractivity contribution in [1.29, 1.82) is 0 Å². The number of nitrogens with zero attached hydrogens (tertiary/aromatic N) is 1. The Kier molecular flexibility index (Phi) is 4.90. The molecule has 1 amide bonds. The summed E-state index contributed by atoms with van der Waals surface area (Å²) in [7, 11) is 0. The zero-order valence-corrected chi connectivity index (χ0v) is 12.3. The van der Waals surface area contributed by atoms with E-state index in [-0.39, 0.29) is 11.9 Å². The van der Waals surface area contributed by atoms with Gasteiger partial charge in [0.25, 0.3) is 5.91 Å². The van der Waals surface area contributed by atoms with Crippen LogP contribution in [0.5, 0.6) is 0 Å². The van der Waals surface area contributed by atoms with Crippen LogP contribution in [-0.2, 0) is 4.79 Å². The van der Waals surface area contributed by atoms with Gasteiger partial charge in [0, 0.05) is 10.6 Å². The molecule has 0 fully saturated rings. The number of nitrogens with one attached hydrogen (secondary N) is 2. The number of carbonyl (C=O) groups is 1. The van der Waals surface area contributed by atoms with Crippen molar-refractivity contribution in [2.75, 3.05) is 5.32 Å². The number of benzene rings is 1. The Morgan fingerprint density at radius 3 is 2.70 bits per heavy atom. The molecule has 0 saturated heterocycles. The second-order valence-corrected chi connectivity index (χ2v) is 5.46. The largest absolute Gasteiger partial charge is 0.374 e. The van der Waals surface area contributed by atoms with Gasteiger partial charge in [-0.15, -0.1) is 11.3 Å². The van der Waals surface area contributed by atoms with Crippen LogP contribution < -0.4 is 10.7 Å². The van der Waals surface area contributed by atoms with Gasteiger partial charge in [0.05, 0.1) is 6.21 Å². The molecule has 0 bridgehead atoms. The quantitative estimate of drug-likeness (QED) is 0.656. The van der Waals surface area contributed by atoms with E-state index in [4.69, 9.17) is 0 Å². The minimum atomic E-state index is -0.349. The highest BCUT2D eigenvalue weighted by Crippen LogP contribution is 2.10. The third-order valence-corrected chi connectivity index (χ3v) is 3.54. The number of amides is 1. The van der Waals surface area contributed by atoms with Crippen LogP contribution in [0.1, 0.15) is 17.4 Å². The summed E-state index contributed by atoms with van der Waals surface area (Å²) in [5, 5.41) is 9.03. The van der Waals surface area contributed by atoms with Crippen molar-refractivity contribution < 1.29 is 4.79 Å². The molecule has 0 aliphatic heterocycles. The molecule has 2 aromatic rings. The lowest BCUT2D eigenvalue weighted by atomic mass is 10.2. The van der Waals surface area contributed by atoms with Crippen molar-refractivity contribution in [2.24, 2.45) is 5.10 Å². The molecule has 20 heavy (non-hydrogen) atoms. The molecule has 5 heteroatoms. The normalized spacial score (nSPS) is 12.3. The van der Waals surface area contributed by atoms with Crippen molar-refractivity contribution >= 4 is 29.1 Å². The van der Waals surface area contributed by atoms with Crippen LogP contribution in [0.4, 0.5) is 5.69 Å². The van der Waals surface area contributed by atoms with Crippen molar-refractivity contribution in [3.05, 3.63) is 52.2 Å². The number of thiophene rings is 1. The van der Waals surface area contributed by atoms with Crippen LogP contribution in [-0.4, -0.2) is 18.2 Å². The van der Waals surface area contributed by atoms with Crippen molar-refractivity contribution in [1.82, 2.24) is 5.43 Å². The van der Waals surface area contributed by atoms with Crippen LogP contribution in [0.3, 0.4) is 0 Å². The average molecular weight is 287 g/mol. The van der Waals surface area contributed by atoms with Gasteiger partial charge in [-0.05, 0) is 37.4 Å². The summed E-state index contributed by atoms with van der Waals surface area (Å²) >= 11 is 1.57. The Bertz CT molecular complexity index is 576. The molecule has 0 unspecified atom stereocenters. The maximum Gasteiger partial charge on any atom is 0.262 e. The Morgan fingerprint density at radius 1 is 1.30 bits per heavy atom. The molecule has 0 spiro atoms. The number of anilines is 1. The van der Waals surface area contributed by atoms with E-state index in [1.165, 1.54) is 5.56 Å². The van der Waals surface area contributed by atoms with Crippen molar-refractivity contribution in [3.63, 3.8) is 0 Å². The summed E-state index contributed by atoms with van der Waals surface area (Å²) < 4.78 is 0. The first-order valence-corrected chi connectivity index (χ1v) is 7.23. The Balaban J connectivity index is 1.84. The van der Waals surface area contributed by atoms with Crippen LogP contribution >= 0.6 is 11.3 Å². The number of hydrogen-bond acceptors (Lipinski definition) is 4. The summed E-state index contributed by atoms with van der Waals surface area (Å²) in [6.07, 6.45) is 1.64. The molecular weight excluding hydrogens is 270 g/mol. The van der Waals surface area contributed by atoms with Crippen molar-refractivity contribution in [2.45, 2.75) is 19.9 Å². The van der Waals surface area contributed by atoms with E-state index in [0.29, 0.717) is 0 Å². The average Bonchev–Trinajstić information content (AvgIpc) is 2.94. The lowest BCUT2D eigenvalue weighted by Crippen LogP contribution is -2.34. The van der Waals surface area contributed by atoms with Gasteiger partial charge in [0.1, 0.15) is 6.04 Å². The van der Waals surface area contributed by atoms with Crippen LogP contribution in [0, 0.1) is 6.92 Å². The van der Waals surface area contributed by atoms with Crippen LogP contribution in [0.25, 0.3) is 0 Å². The Labute approximate surface area is 122 Å². The fourth-order valence-corrected chi connectivity index (χ4v) is 2.17. The highest BCUT2D eigenvalue weighted by atomic mass is 32.1. The fraction of sp³-hybridized carbons (Fsp3) is 0.200. The molecule has 2 rings (SSSR count). The molecule has 2 N–H and O–H groups in total. The maximum atomic E-state index is 11.9. The number of rotatable bonds is 5. The van der Waals surface area contributed by atoms with Gasteiger partial charge in [0.2, 0.25) is 0 Å². The summed E-state index contributed by atoms with van der Waals surface area (Å²) in [6, 6.07) is 11.4. The van der Waals surface area contributed by atoms with E-state index in [1.807, 2.05) is 48.7 Å². The van der Waals surface area contributed by atoms with E-state index in [0.717, 1.165) is 10.6 Å². The summed E-state index contributed by atoms with van der Waals surface area (Å²) in [4.78, 5) is 12.9. The molecule has 1 atom stereocenters. The van der Waals surface area contributed by atoms with Crippen LogP contribution in [0.2, 0.25) is 0 Å². The predicted octanol–water partition coefficient (Wildman–Crippen LogP) is 3.01. The lowest BCUT2D eigenvalue weighted by Gasteiger charge is -2.13. The predicted molar refractivity (Wildman–Crippen MR) is 84.3 cm³/mol. The molecule has 1 aromatic carbocycles. The van der Waals surface area contributed by atoms with Gasteiger partial charge in [-0.3, -0.25) is 4.79 Å². The lowest BCUT2D eigenvalue weighted by molar-refractivity contribution is -0.121. The summed E-state index contributed by atoms with van der Waals surface area (Å²) in [5.74, 6) is -0.168. The molecule has 0 aliphatic rings. The van der Waals surface area contributed by atoms with Gasteiger partial charge >= 0.3 is 0 Å². The van der Waals surface area contributed by atoms with E-state index in [9.17, 15) is 4.79 Å². The first kappa shape index (κ1) is 14.3. The molecule has 4 nitrogen and oxygen atoms in total. The zero-order valence-electron chi connectivity index (χ0n) is 11.5. The minimum absolute atomic E-state index is 0.168. The van der Waals surface area contributed by atoms with E-state index < -0.39 is 0 Å². The smallest absolute Gasteiger partial charge is 0.262 e. The molecule has 104 valence electrons. The first-order valence-electron chi connectivity index (χ1n) is 6.35. The second kappa shape index (κ2) is 6.86. The molecule has 1 aromatic heterocycles. The topological polar surface area (TPSA) is 53.5 Å². The second-order valence-electron chi connectivity index (χ2n) is 4.48. The molecule has 0 aliphatic carbocycles. The molecule has 1 heterocycles. The number of carbonyl (C=O) groups excluding carboxylic acids is 1. The van der Waals surface area contributed by atoms with Gasteiger partial charge in [-0.25, -0.2) is 5.43 Å². The standard InChI is InChI=1S/C15H17N3OS/c1-11-5-7-13(8-6-11)17-12(2)15(19)18-16-10-14-4-3-9-20-14/h3-10,12,17H,1-2H3,(H,18,19)/b16-10-/t12-/m1/s1. The molecule has 0 saturated carbocycles. The monoisotopic (exact) mass is 287 g/mol. The third kappa shape index (κ3) is 4.20. The Morgan fingerprint density at radius 2 is 2.05 bits per heavy atom. The number of aryl methyl sites for hydroxylation is 1. The Hall–Kier alpha value is -2.14. The van der Waals surface area contributed by atoms with E-state index >= 15 is 0 Å². The van der Waals surface area contributed by atoms with E-state index in [1.54, 1.807) is 24.5 Å². The number of hydrogen-bond donors (Lipinski definition) is 2. The zero-order chi connectivity index (χ0) is 14.4. The van der Waals surface area contributed by atoms with Gasteiger partial charge < -0.3 is 5.32 Å². The number of hydrazone groups is 1. The first-order chi connectivity index (χ1) is 9.65. The summed E-state index contributed by atoms with van der Waals surface area (Å²) in [5.41, 5.74) is 4.63. The van der Waals surface area contributed by atoms with Crippen LogP contribution in [0.15, 0.2) is 46.9 Å². The minimum Gasteiger partial charge on any atom is -0.374 e.